The molecule has 0 spiro atoms. The molecular weight excluding hydrogens is 332 g/mol. The highest BCUT2D eigenvalue weighted by atomic mass is 19.4. The quantitative estimate of drug-likeness (QED) is 0.626. The van der Waals surface area contributed by atoms with Crippen LogP contribution in [0.1, 0.15) is 19.4 Å². The Kier molecular flexibility index (Phi) is 5.12. The van der Waals surface area contributed by atoms with E-state index in [4.69, 9.17) is 4.74 Å². The van der Waals surface area contributed by atoms with E-state index in [1.165, 1.54) is 4.90 Å². The van der Waals surface area contributed by atoms with Crippen LogP contribution >= 0.6 is 0 Å². The van der Waals surface area contributed by atoms with Crippen molar-refractivity contribution in [2.45, 2.75) is 32.2 Å². The Labute approximate surface area is 135 Å². The second-order valence-electron chi connectivity index (χ2n) is 5.46. The highest BCUT2D eigenvalue weighted by Crippen LogP contribution is 2.33. The molecule has 1 aromatic carbocycles. The zero-order valence-electron chi connectivity index (χ0n) is 13.0. The van der Waals surface area contributed by atoms with Crippen molar-refractivity contribution in [1.29, 1.82) is 0 Å². The van der Waals surface area contributed by atoms with Crippen LogP contribution in [0.3, 0.4) is 0 Å². The van der Waals surface area contributed by atoms with Crippen molar-refractivity contribution in [3.8, 4) is 0 Å². The number of nitrogens with one attached hydrogen (secondary N) is 1. The summed E-state index contributed by atoms with van der Waals surface area (Å²) in [7, 11) is 0. The molecule has 1 N–H and O–H groups in total. The molecule has 9 heteroatoms. The number of nitrogens with zero attached hydrogens (tertiary/aromatic N) is 1. The third-order valence-electron chi connectivity index (χ3n) is 3.87. The maximum absolute atomic E-state index is 13.2. The number of ether oxygens (including phenoxy) is 1. The standard InChI is InChI=1S/C15H16F4N2O3/c1-8-9(2)24-6-5-21(8)14(23)13(22)20-10-3-4-12(16)11(7-10)15(17,18)19/h3-4,7-9H,5-6H2,1-2H3,(H,20,22)/t8-,9-/m1/s1. The monoisotopic (exact) mass is 348 g/mol. The first-order valence-electron chi connectivity index (χ1n) is 7.21. The molecule has 0 radical (unpaired) electrons. The fourth-order valence-corrected chi connectivity index (χ4v) is 2.35. The zero-order chi connectivity index (χ0) is 18.1. The molecule has 5 nitrogen and oxygen atoms in total. The number of benzene rings is 1. The molecule has 1 saturated heterocycles. The number of alkyl halides is 3. The van der Waals surface area contributed by atoms with E-state index in [0.717, 1.165) is 6.07 Å². The summed E-state index contributed by atoms with van der Waals surface area (Å²) in [4.78, 5) is 25.5. The lowest BCUT2D eigenvalue weighted by molar-refractivity contribution is -0.152. The maximum Gasteiger partial charge on any atom is 0.419 e. The van der Waals surface area contributed by atoms with Crippen LogP contribution in [-0.4, -0.2) is 42.0 Å². The Hall–Kier alpha value is -2.16. The van der Waals surface area contributed by atoms with Crippen LogP contribution in [0.15, 0.2) is 18.2 Å². The van der Waals surface area contributed by atoms with E-state index >= 15 is 0 Å². The van der Waals surface area contributed by atoms with Gasteiger partial charge in [0.15, 0.2) is 0 Å². The SMILES string of the molecule is C[C@@H]1[C@@H](C)OCCN1C(=O)C(=O)Nc1ccc(F)c(C(F)(F)F)c1. The normalized spacial score (nSPS) is 21.5. The average Bonchev–Trinajstić information content (AvgIpc) is 2.50. The van der Waals surface area contributed by atoms with Crippen LogP contribution in [0.5, 0.6) is 0 Å². The summed E-state index contributed by atoms with van der Waals surface area (Å²) < 4.78 is 56.6. The van der Waals surface area contributed by atoms with Crippen LogP contribution in [-0.2, 0) is 20.5 Å². The van der Waals surface area contributed by atoms with Crippen molar-refractivity contribution in [2.24, 2.45) is 0 Å². The summed E-state index contributed by atoms with van der Waals surface area (Å²) in [6.07, 6.45) is -5.17. The molecule has 0 bridgehead atoms. The predicted octanol–water partition coefficient (Wildman–Crippen LogP) is 2.42. The molecule has 1 fully saturated rings. The van der Waals surface area contributed by atoms with Gasteiger partial charge in [0, 0.05) is 12.2 Å². The van der Waals surface area contributed by atoms with Crippen molar-refractivity contribution in [3.63, 3.8) is 0 Å². The Morgan fingerprint density at radius 2 is 1.96 bits per heavy atom. The fraction of sp³-hybridized carbons (Fsp3) is 0.467. The minimum absolute atomic E-state index is 0.203. The second-order valence-corrected chi connectivity index (χ2v) is 5.46. The van der Waals surface area contributed by atoms with Crippen LogP contribution in [0.4, 0.5) is 23.2 Å². The molecule has 24 heavy (non-hydrogen) atoms. The highest BCUT2D eigenvalue weighted by molar-refractivity contribution is 6.39. The Morgan fingerprint density at radius 3 is 2.58 bits per heavy atom. The van der Waals surface area contributed by atoms with Crippen molar-refractivity contribution < 1.29 is 31.9 Å². The van der Waals surface area contributed by atoms with E-state index in [9.17, 15) is 27.2 Å². The lowest BCUT2D eigenvalue weighted by Crippen LogP contribution is -2.54. The summed E-state index contributed by atoms with van der Waals surface area (Å²) in [5, 5.41) is 2.08. The van der Waals surface area contributed by atoms with Gasteiger partial charge in [-0.15, -0.1) is 0 Å². The van der Waals surface area contributed by atoms with Gasteiger partial charge in [0.25, 0.3) is 0 Å². The number of hydrogen-bond acceptors (Lipinski definition) is 3. The predicted molar refractivity (Wildman–Crippen MR) is 76.6 cm³/mol. The number of hydrogen-bond donors (Lipinski definition) is 1. The van der Waals surface area contributed by atoms with Gasteiger partial charge in [0.2, 0.25) is 0 Å². The van der Waals surface area contributed by atoms with E-state index in [1.807, 2.05) is 0 Å². The molecule has 1 heterocycles. The number of morpholine rings is 1. The smallest absolute Gasteiger partial charge is 0.375 e. The van der Waals surface area contributed by atoms with E-state index in [2.05, 4.69) is 5.32 Å². The van der Waals surface area contributed by atoms with Gasteiger partial charge in [-0.05, 0) is 32.0 Å². The number of rotatable bonds is 1. The molecule has 0 saturated carbocycles. The highest BCUT2D eigenvalue weighted by Gasteiger charge is 2.35. The minimum atomic E-state index is -4.90. The van der Waals surface area contributed by atoms with Crippen molar-refractivity contribution in [2.75, 3.05) is 18.5 Å². The number of carbonyl (C=O) groups is 2. The second kappa shape index (κ2) is 6.76. The van der Waals surface area contributed by atoms with Crippen LogP contribution in [0.25, 0.3) is 0 Å². The molecule has 2 amide bonds. The van der Waals surface area contributed by atoms with Crippen molar-refractivity contribution >= 4 is 17.5 Å². The first-order valence-corrected chi connectivity index (χ1v) is 7.21. The van der Waals surface area contributed by atoms with E-state index in [1.54, 1.807) is 13.8 Å². The van der Waals surface area contributed by atoms with Gasteiger partial charge >= 0.3 is 18.0 Å². The summed E-state index contributed by atoms with van der Waals surface area (Å²) in [6, 6.07) is 1.64. The van der Waals surface area contributed by atoms with Crippen LogP contribution in [0.2, 0.25) is 0 Å². The first-order chi connectivity index (χ1) is 11.1. The van der Waals surface area contributed by atoms with Gasteiger partial charge in [-0.2, -0.15) is 13.2 Å². The number of amides is 2. The van der Waals surface area contributed by atoms with Gasteiger partial charge < -0.3 is 15.0 Å². The van der Waals surface area contributed by atoms with Gasteiger partial charge in [0.05, 0.1) is 24.3 Å². The zero-order valence-corrected chi connectivity index (χ0v) is 13.0. The largest absolute Gasteiger partial charge is 0.419 e. The molecule has 2 atom stereocenters. The Balaban J connectivity index is 2.13. The van der Waals surface area contributed by atoms with Gasteiger partial charge in [-0.1, -0.05) is 0 Å². The van der Waals surface area contributed by atoms with Crippen LogP contribution in [0, 0.1) is 5.82 Å². The number of carbonyl (C=O) groups excluding carboxylic acids is 2. The summed E-state index contributed by atoms with van der Waals surface area (Å²) in [5.74, 6) is -3.42. The molecule has 0 unspecified atom stereocenters. The van der Waals surface area contributed by atoms with Gasteiger partial charge in [-0.25, -0.2) is 4.39 Å². The van der Waals surface area contributed by atoms with E-state index in [0.29, 0.717) is 12.1 Å². The van der Waals surface area contributed by atoms with Crippen LogP contribution < -0.4 is 5.32 Å². The summed E-state index contributed by atoms with van der Waals surface area (Å²) >= 11 is 0. The van der Waals surface area contributed by atoms with E-state index < -0.39 is 29.4 Å². The molecule has 0 aliphatic carbocycles. The van der Waals surface area contributed by atoms with Gasteiger partial charge in [0.1, 0.15) is 5.82 Å². The minimum Gasteiger partial charge on any atom is -0.375 e. The van der Waals surface area contributed by atoms with E-state index in [-0.39, 0.29) is 31.0 Å². The molecule has 2 rings (SSSR count). The Morgan fingerprint density at radius 1 is 1.29 bits per heavy atom. The molecule has 1 aromatic rings. The molecule has 132 valence electrons. The van der Waals surface area contributed by atoms with Crippen molar-refractivity contribution in [3.05, 3.63) is 29.6 Å². The Bertz CT molecular complexity index is 648. The van der Waals surface area contributed by atoms with Crippen molar-refractivity contribution in [1.82, 2.24) is 4.90 Å². The lowest BCUT2D eigenvalue weighted by Gasteiger charge is -2.37. The first kappa shape index (κ1) is 18.2. The number of anilines is 1. The third kappa shape index (κ3) is 3.84. The third-order valence-corrected chi connectivity index (χ3v) is 3.87. The lowest BCUT2D eigenvalue weighted by atomic mass is 10.1. The molecule has 1 aliphatic rings. The number of halogens is 4. The maximum atomic E-state index is 13.2. The average molecular weight is 348 g/mol. The summed E-state index contributed by atoms with van der Waals surface area (Å²) in [5.41, 5.74) is -1.82. The fourth-order valence-electron chi connectivity index (χ4n) is 2.35. The topological polar surface area (TPSA) is 58.6 Å². The molecule has 1 aliphatic heterocycles. The molecule has 0 aromatic heterocycles. The van der Waals surface area contributed by atoms with Gasteiger partial charge in [-0.3, -0.25) is 9.59 Å². The summed E-state index contributed by atoms with van der Waals surface area (Å²) in [6.45, 7) is 3.92. The molecular formula is C15H16F4N2O3.